The van der Waals surface area contributed by atoms with Crippen molar-refractivity contribution >= 4 is 0 Å². The fourth-order valence-corrected chi connectivity index (χ4v) is 0.938. The van der Waals surface area contributed by atoms with E-state index in [0.29, 0.717) is 6.61 Å². The van der Waals surface area contributed by atoms with Crippen LogP contribution in [0.1, 0.15) is 6.92 Å². The van der Waals surface area contributed by atoms with E-state index < -0.39 is 0 Å². The molecule has 1 heterocycles. The zero-order valence-corrected chi connectivity index (χ0v) is 7.08. The molecule has 0 amide bonds. The van der Waals surface area contributed by atoms with E-state index in [4.69, 9.17) is 15.6 Å². The van der Waals surface area contributed by atoms with Gasteiger partial charge in [-0.05, 0) is 19.1 Å². The molecule has 4 heteroatoms. The molecule has 1 aliphatic heterocycles. The van der Waals surface area contributed by atoms with Crippen LogP contribution in [0.4, 0.5) is 0 Å². The van der Waals surface area contributed by atoms with Crippen LogP contribution in [-0.2, 0) is 4.74 Å². The minimum absolute atomic E-state index is 0.0320. The van der Waals surface area contributed by atoms with Crippen molar-refractivity contribution < 1.29 is 9.84 Å². The smallest absolute Gasteiger partial charge is 0.147 e. The fraction of sp³-hybridized carbons (Fsp3) is 0.500. The van der Waals surface area contributed by atoms with Crippen LogP contribution < -0.4 is 11.1 Å². The Kier molecular flexibility index (Phi) is 3.13. The van der Waals surface area contributed by atoms with Gasteiger partial charge in [-0.15, -0.1) is 0 Å². The number of dihydropyridines is 1. The number of aliphatic hydroxyl groups excluding tert-OH is 1. The van der Waals surface area contributed by atoms with E-state index in [1.807, 2.05) is 13.0 Å². The summed E-state index contributed by atoms with van der Waals surface area (Å²) in [5.74, 6) is 0. The van der Waals surface area contributed by atoms with E-state index in [9.17, 15) is 0 Å². The molecule has 4 nitrogen and oxygen atoms in total. The summed E-state index contributed by atoms with van der Waals surface area (Å²) in [7, 11) is 0. The standard InChI is InChI=1S/C8H14N2O2/c1-6-7(9)2-3-8(10-6)12-5-4-11/h2-3,8,10-11H,4-5,9H2,1H3. The maximum atomic E-state index is 8.50. The fourth-order valence-electron chi connectivity index (χ4n) is 0.938. The summed E-state index contributed by atoms with van der Waals surface area (Å²) in [6, 6.07) is 0. The summed E-state index contributed by atoms with van der Waals surface area (Å²) < 4.78 is 5.21. The molecular weight excluding hydrogens is 156 g/mol. The molecule has 1 rings (SSSR count). The van der Waals surface area contributed by atoms with Crippen molar-refractivity contribution in [1.82, 2.24) is 5.32 Å². The highest BCUT2D eigenvalue weighted by molar-refractivity contribution is 5.25. The van der Waals surface area contributed by atoms with E-state index in [0.717, 1.165) is 11.4 Å². The zero-order chi connectivity index (χ0) is 8.97. The van der Waals surface area contributed by atoms with Gasteiger partial charge in [0.05, 0.1) is 18.9 Å². The summed E-state index contributed by atoms with van der Waals surface area (Å²) in [4.78, 5) is 0. The van der Waals surface area contributed by atoms with Crippen LogP contribution in [0, 0.1) is 0 Å². The molecule has 0 fully saturated rings. The van der Waals surface area contributed by atoms with E-state index in [1.165, 1.54) is 0 Å². The molecule has 0 aromatic carbocycles. The first-order chi connectivity index (χ1) is 5.74. The van der Waals surface area contributed by atoms with Crippen molar-refractivity contribution in [3.05, 3.63) is 23.5 Å². The summed E-state index contributed by atoms with van der Waals surface area (Å²) >= 11 is 0. The van der Waals surface area contributed by atoms with Crippen LogP contribution >= 0.6 is 0 Å². The highest BCUT2D eigenvalue weighted by Gasteiger charge is 2.09. The van der Waals surface area contributed by atoms with Gasteiger partial charge in [0.25, 0.3) is 0 Å². The number of nitrogens with one attached hydrogen (secondary N) is 1. The highest BCUT2D eigenvalue weighted by atomic mass is 16.5. The van der Waals surface area contributed by atoms with Crippen LogP contribution in [0.2, 0.25) is 0 Å². The van der Waals surface area contributed by atoms with Crippen molar-refractivity contribution in [2.45, 2.75) is 13.2 Å². The molecule has 0 saturated carbocycles. The predicted molar refractivity (Wildman–Crippen MR) is 46.0 cm³/mol. The second kappa shape index (κ2) is 4.13. The van der Waals surface area contributed by atoms with Crippen molar-refractivity contribution in [3.8, 4) is 0 Å². The van der Waals surface area contributed by atoms with Gasteiger partial charge >= 0.3 is 0 Å². The Labute approximate surface area is 71.7 Å². The minimum Gasteiger partial charge on any atom is -0.397 e. The number of hydrogen-bond acceptors (Lipinski definition) is 4. The Morgan fingerprint density at radius 1 is 1.75 bits per heavy atom. The van der Waals surface area contributed by atoms with Crippen molar-refractivity contribution in [3.63, 3.8) is 0 Å². The molecule has 4 N–H and O–H groups in total. The van der Waals surface area contributed by atoms with Gasteiger partial charge in [-0.3, -0.25) is 0 Å². The van der Waals surface area contributed by atoms with Crippen LogP contribution in [-0.4, -0.2) is 24.5 Å². The van der Waals surface area contributed by atoms with Crippen molar-refractivity contribution in [2.24, 2.45) is 5.73 Å². The van der Waals surface area contributed by atoms with Crippen LogP contribution in [0.25, 0.3) is 0 Å². The lowest BCUT2D eigenvalue weighted by Gasteiger charge is -2.21. The van der Waals surface area contributed by atoms with Gasteiger partial charge in [0.2, 0.25) is 0 Å². The average Bonchev–Trinajstić information content (AvgIpc) is 2.07. The Hall–Kier alpha value is -1.00. The Morgan fingerprint density at radius 3 is 3.08 bits per heavy atom. The summed E-state index contributed by atoms with van der Waals surface area (Å²) in [6.07, 6.45) is 3.45. The van der Waals surface area contributed by atoms with Crippen LogP contribution in [0.5, 0.6) is 0 Å². The number of hydrogen-bond donors (Lipinski definition) is 3. The van der Waals surface area contributed by atoms with E-state index >= 15 is 0 Å². The lowest BCUT2D eigenvalue weighted by atomic mass is 10.2. The predicted octanol–water partition coefficient (Wildman–Crippen LogP) is -0.329. The molecule has 1 unspecified atom stereocenters. The molecule has 0 bridgehead atoms. The molecular formula is C8H14N2O2. The van der Waals surface area contributed by atoms with Gasteiger partial charge in [0.15, 0.2) is 0 Å². The second-order valence-corrected chi connectivity index (χ2v) is 2.60. The Balaban J connectivity index is 2.40. The third kappa shape index (κ3) is 2.25. The van der Waals surface area contributed by atoms with E-state index in [1.54, 1.807) is 6.08 Å². The van der Waals surface area contributed by atoms with Gasteiger partial charge < -0.3 is 20.9 Å². The van der Waals surface area contributed by atoms with Crippen molar-refractivity contribution in [2.75, 3.05) is 13.2 Å². The molecule has 0 radical (unpaired) electrons. The maximum absolute atomic E-state index is 8.50. The third-order valence-electron chi connectivity index (χ3n) is 1.63. The molecule has 12 heavy (non-hydrogen) atoms. The number of ether oxygens (including phenoxy) is 1. The quantitative estimate of drug-likeness (QED) is 0.542. The summed E-state index contributed by atoms with van der Waals surface area (Å²) in [5, 5.41) is 11.5. The molecule has 1 aliphatic rings. The first-order valence-corrected chi connectivity index (χ1v) is 3.87. The van der Waals surface area contributed by atoms with E-state index in [-0.39, 0.29) is 12.8 Å². The molecule has 68 valence electrons. The second-order valence-electron chi connectivity index (χ2n) is 2.60. The maximum Gasteiger partial charge on any atom is 0.147 e. The Morgan fingerprint density at radius 2 is 2.50 bits per heavy atom. The molecule has 1 atom stereocenters. The van der Waals surface area contributed by atoms with Crippen molar-refractivity contribution in [1.29, 1.82) is 0 Å². The average molecular weight is 170 g/mol. The molecule has 0 aromatic rings. The molecule has 0 spiro atoms. The highest BCUT2D eigenvalue weighted by Crippen LogP contribution is 2.06. The van der Waals surface area contributed by atoms with Crippen LogP contribution in [0.15, 0.2) is 23.5 Å². The number of nitrogens with two attached hydrogens (primary N) is 1. The number of rotatable bonds is 3. The zero-order valence-electron chi connectivity index (χ0n) is 7.08. The summed E-state index contributed by atoms with van der Waals surface area (Å²) in [5.41, 5.74) is 7.22. The molecule has 0 saturated heterocycles. The monoisotopic (exact) mass is 170 g/mol. The topological polar surface area (TPSA) is 67.5 Å². The SMILES string of the molecule is CC1=C(N)C=CC(OCCO)N1. The van der Waals surface area contributed by atoms with Gasteiger partial charge in [-0.1, -0.05) is 0 Å². The minimum atomic E-state index is -0.163. The van der Waals surface area contributed by atoms with Gasteiger partial charge in [-0.25, -0.2) is 0 Å². The number of aliphatic hydroxyl groups is 1. The third-order valence-corrected chi connectivity index (χ3v) is 1.63. The molecule has 0 aromatic heterocycles. The lowest BCUT2D eigenvalue weighted by molar-refractivity contribution is 0.0411. The van der Waals surface area contributed by atoms with Gasteiger partial charge in [0, 0.05) is 5.70 Å². The first-order valence-electron chi connectivity index (χ1n) is 3.87. The normalized spacial score (nSPS) is 22.7. The summed E-state index contributed by atoms with van der Waals surface area (Å²) in [6.45, 7) is 2.24. The number of allylic oxidation sites excluding steroid dienone is 2. The first kappa shape index (κ1) is 9.09. The van der Waals surface area contributed by atoms with Gasteiger partial charge in [0.1, 0.15) is 6.23 Å². The van der Waals surface area contributed by atoms with Gasteiger partial charge in [-0.2, -0.15) is 0 Å². The lowest BCUT2D eigenvalue weighted by Crippen LogP contribution is -2.33. The van der Waals surface area contributed by atoms with Crippen LogP contribution in [0.3, 0.4) is 0 Å². The molecule has 0 aliphatic carbocycles. The van der Waals surface area contributed by atoms with E-state index in [2.05, 4.69) is 5.32 Å². The largest absolute Gasteiger partial charge is 0.397 e. The Bertz CT molecular complexity index is 211.